The van der Waals surface area contributed by atoms with Crippen molar-refractivity contribution < 1.29 is 14.2 Å². The number of hydrogen-bond acceptors (Lipinski definition) is 11. The molecule has 14 nitrogen and oxygen atoms in total. The molecule has 3 atom stereocenters. The molecule has 3 aliphatic rings. The van der Waals surface area contributed by atoms with Crippen molar-refractivity contribution in [3.05, 3.63) is 188 Å². The molecular weight excluding hydrogens is 1030 g/mol. The van der Waals surface area contributed by atoms with Crippen molar-refractivity contribution in [2.75, 3.05) is 19.8 Å². The zero-order valence-electron chi connectivity index (χ0n) is 35.0. The fourth-order valence-corrected chi connectivity index (χ4v) is 9.49. The van der Waals surface area contributed by atoms with Gasteiger partial charge in [0.15, 0.2) is 16.9 Å². The van der Waals surface area contributed by atoms with Crippen LogP contribution in [0.3, 0.4) is 0 Å². The summed E-state index contributed by atoms with van der Waals surface area (Å²) in [4.78, 5) is 36.1. The lowest BCUT2D eigenvalue weighted by molar-refractivity contribution is 0.0677. The Morgan fingerprint density at radius 3 is 1.36 bits per heavy atom. The van der Waals surface area contributed by atoms with E-state index < -0.39 is 0 Å². The highest BCUT2D eigenvalue weighted by molar-refractivity contribution is 14.1. The number of nitrogens with zero attached hydrogens (tertiary/aromatic N) is 11. The van der Waals surface area contributed by atoms with Crippen LogP contribution in [0.25, 0.3) is 44.7 Å². The molecule has 0 fully saturated rings. The maximum absolute atomic E-state index is 5.79. The lowest BCUT2D eigenvalue weighted by atomic mass is 10.1. The van der Waals surface area contributed by atoms with Crippen molar-refractivity contribution in [3.8, 4) is 11.3 Å². The Hall–Kier alpha value is -6.02. The van der Waals surface area contributed by atoms with Gasteiger partial charge < -0.3 is 27.9 Å². The van der Waals surface area contributed by atoms with E-state index in [9.17, 15) is 0 Å². The van der Waals surface area contributed by atoms with Crippen LogP contribution in [0, 0.1) is 3.70 Å². The molecule has 3 aliphatic heterocycles. The molecule has 0 saturated heterocycles. The lowest BCUT2D eigenvalue weighted by Gasteiger charge is -2.26. The third-order valence-corrected chi connectivity index (χ3v) is 12.9. The van der Waals surface area contributed by atoms with Crippen LogP contribution < -0.4 is 0 Å². The highest BCUT2D eigenvalue weighted by Gasteiger charge is 2.29. The minimum absolute atomic E-state index is 0.0502. The Balaban J connectivity index is 0.000000111. The second-order valence-electron chi connectivity index (χ2n) is 15.8. The van der Waals surface area contributed by atoms with Gasteiger partial charge in [-0.1, -0.05) is 91.0 Å². The molecule has 66 heavy (non-hydrogen) atoms. The van der Waals surface area contributed by atoms with E-state index in [0.29, 0.717) is 39.6 Å². The van der Waals surface area contributed by atoms with Gasteiger partial charge in [-0.3, -0.25) is 0 Å². The molecule has 10 heterocycles. The van der Waals surface area contributed by atoms with Crippen LogP contribution in [0.15, 0.2) is 144 Å². The van der Waals surface area contributed by atoms with Gasteiger partial charge >= 0.3 is 0 Å². The number of ether oxygens (including phenoxy) is 3. The molecule has 0 spiro atoms. The first-order chi connectivity index (χ1) is 32.4. The van der Waals surface area contributed by atoms with Crippen LogP contribution in [-0.2, 0) is 34.0 Å². The summed E-state index contributed by atoms with van der Waals surface area (Å²) in [6.07, 6.45) is 3.35. The Bertz CT molecular complexity index is 3190. The topological polar surface area (TPSA) is 146 Å². The van der Waals surface area contributed by atoms with Crippen LogP contribution in [-0.4, -0.2) is 73.4 Å². The third-order valence-electron chi connectivity index (χ3n) is 11.7. The first kappa shape index (κ1) is 42.6. The second kappa shape index (κ2) is 18.7. The molecule has 13 rings (SSSR count). The van der Waals surface area contributed by atoms with Crippen LogP contribution in [0.5, 0.6) is 0 Å². The fraction of sp³-hybridized carbons (Fsp3) is 0.184. The van der Waals surface area contributed by atoms with Gasteiger partial charge in [0.1, 0.15) is 62.1 Å². The Kier molecular flexibility index (Phi) is 12.1. The molecule has 7 aromatic heterocycles. The molecule has 10 aromatic rings. The average molecular weight is 1070 g/mol. The number of aromatic nitrogens is 11. The van der Waals surface area contributed by atoms with E-state index in [2.05, 4.69) is 131 Å². The van der Waals surface area contributed by atoms with Crippen molar-refractivity contribution >= 4 is 83.6 Å². The molecule has 0 N–H and O–H groups in total. The average Bonchev–Trinajstić information content (AvgIpc) is 4.06. The van der Waals surface area contributed by atoms with Gasteiger partial charge in [0.25, 0.3) is 0 Å². The lowest BCUT2D eigenvalue weighted by Crippen LogP contribution is -2.25. The minimum atomic E-state index is 0.0502. The minimum Gasteiger partial charge on any atom is -0.371 e. The van der Waals surface area contributed by atoms with E-state index in [1.165, 1.54) is 16.7 Å². The zero-order chi connectivity index (χ0) is 44.6. The second-order valence-corrected chi connectivity index (χ2v) is 18.0. The smallest absolute Gasteiger partial charge is 0.222 e. The number of fused-ring (bicyclic) bond motifs is 9. The van der Waals surface area contributed by atoms with E-state index >= 15 is 0 Å². The van der Waals surface area contributed by atoms with Gasteiger partial charge in [-0.2, -0.15) is 0 Å². The standard InChI is InChI=1S/C19H14ClN5O.C15H12BrN3O.C15H12IN3O/c20-19-21-8-13(9-22-19)14-6-7-15-18(24-14)25-16(10-26-11-17(25)23-15)12-4-2-1-3-5-12;2*16-13-7-6-11-15(18-13)19-12(8-20-9-14(19)17-11)10-4-2-1-3-5-10/h1-9,16H,10-11H2;2*1-7,12H,8-9H2. The fourth-order valence-electron chi connectivity index (χ4n) is 8.68. The molecule has 3 unspecified atom stereocenters. The molecule has 0 radical (unpaired) electrons. The molecule has 3 aromatic carbocycles. The van der Waals surface area contributed by atoms with E-state index in [1.807, 2.05) is 78.9 Å². The van der Waals surface area contributed by atoms with Gasteiger partial charge in [0.2, 0.25) is 5.28 Å². The number of halogens is 3. The van der Waals surface area contributed by atoms with Crippen molar-refractivity contribution in [1.82, 2.24) is 53.6 Å². The number of imidazole rings is 3. The van der Waals surface area contributed by atoms with E-state index in [-0.39, 0.29) is 23.4 Å². The van der Waals surface area contributed by atoms with Crippen LogP contribution in [0.4, 0.5) is 0 Å². The summed E-state index contributed by atoms with van der Waals surface area (Å²) < 4.78 is 25.6. The highest BCUT2D eigenvalue weighted by atomic mass is 127. The normalized spacial score (nSPS) is 17.5. The molecule has 17 heteroatoms. The summed E-state index contributed by atoms with van der Waals surface area (Å²) in [5.41, 5.74) is 10.6. The Morgan fingerprint density at radius 1 is 0.485 bits per heavy atom. The van der Waals surface area contributed by atoms with Crippen LogP contribution in [0.1, 0.15) is 52.3 Å². The van der Waals surface area contributed by atoms with Gasteiger partial charge in [0.05, 0.1) is 43.6 Å². The summed E-state index contributed by atoms with van der Waals surface area (Å²) in [6.45, 7) is 3.48. The largest absolute Gasteiger partial charge is 0.371 e. The first-order valence-corrected chi connectivity index (χ1v) is 23.5. The van der Waals surface area contributed by atoms with Crippen molar-refractivity contribution in [1.29, 1.82) is 0 Å². The predicted molar refractivity (Wildman–Crippen MR) is 262 cm³/mol. The van der Waals surface area contributed by atoms with Crippen molar-refractivity contribution in [2.45, 2.75) is 37.9 Å². The summed E-state index contributed by atoms with van der Waals surface area (Å²) in [6, 6.07) is 43.2. The summed E-state index contributed by atoms with van der Waals surface area (Å²) >= 11 is 11.5. The number of rotatable bonds is 4. The SMILES string of the molecule is Brc1ccc2nc3n(c2n1)C(c1ccccc1)COC3.Clc1ncc(-c2ccc3nc4n(c3n2)C(c2ccccc2)COC4)cn1.Ic1ccc2nc3n(c2n1)C(c1ccccc1)COC3. The monoisotopic (exact) mass is 1070 g/mol. The summed E-state index contributed by atoms with van der Waals surface area (Å²) in [5, 5.41) is 0.220. The molecule has 0 amide bonds. The molecule has 0 aliphatic carbocycles. The number of benzene rings is 3. The quantitative estimate of drug-likeness (QED) is 0.0943. The van der Waals surface area contributed by atoms with Crippen molar-refractivity contribution in [2.24, 2.45) is 0 Å². The molecule has 328 valence electrons. The maximum Gasteiger partial charge on any atom is 0.222 e. The summed E-state index contributed by atoms with van der Waals surface area (Å²) in [5.74, 6) is 2.78. The molecular formula is C49H38BrClIN11O3. The van der Waals surface area contributed by atoms with Crippen LogP contribution in [0.2, 0.25) is 5.28 Å². The Labute approximate surface area is 405 Å². The molecule has 0 bridgehead atoms. The first-order valence-electron chi connectivity index (χ1n) is 21.3. The maximum atomic E-state index is 5.79. The van der Waals surface area contributed by atoms with Gasteiger partial charge in [-0.15, -0.1) is 0 Å². The van der Waals surface area contributed by atoms with E-state index in [4.69, 9.17) is 35.8 Å². The Morgan fingerprint density at radius 2 is 0.894 bits per heavy atom. The van der Waals surface area contributed by atoms with E-state index in [1.54, 1.807) is 12.4 Å². The van der Waals surface area contributed by atoms with E-state index in [0.717, 1.165) is 70.5 Å². The predicted octanol–water partition coefficient (Wildman–Crippen LogP) is 10.1. The number of hydrogen-bond donors (Lipinski definition) is 0. The molecule has 0 saturated carbocycles. The van der Waals surface area contributed by atoms with Gasteiger partial charge in [-0.25, -0.2) is 39.9 Å². The third kappa shape index (κ3) is 8.48. The van der Waals surface area contributed by atoms with Crippen LogP contribution >= 0.6 is 50.1 Å². The van der Waals surface area contributed by atoms with Gasteiger partial charge in [-0.05, 0) is 103 Å². The highest BCUT2D eigenvalue weighted by Crippen LogP contribution is 2.33. The number of pyridine rings is 3. The van der Waals surface area contributed by atoms with Crippen molar-refractivity contribution in [3.63, 3.8) is 0 Å². The van der Waals surface area contributed by atoms with Gasteiger partial charge in [0, 0.05) is 18.0 Å². The summed E-state index contributed by atoms with van der Waals surface area (Å²) in [7, 11) is 0. The zero-order valence-corrected chi connectivity index (χ0v) is 39.5.